The zero-order chi connectivity index (χ0) is 10.0. The Hall–Kier alpha value is -1.32. The molecule has 0 spiro atoms. The van der Waals surface area contributed by atoms with Gasteiger partial charge in [-0.15, -0.1) is 0 Å². The van der Waals surface area contributed by atoms with Gasteiger partial charge in [0.1, 0.15) is 0 Å². The molecular formula is C9H13NO3. The summed E-state index contributed by atoms with van der Waals surface area (Å²) in [4.78, 5) is 14.6. The highest BCUT2D eigenvalue weighted by Crippen LogP contribution is 2.13. The molecule has 1 N–H and O–H groups in total. The zero-order valence-corrected chi connectivity index (χ0v) is 8.00. The summed E-state index contributed by atoms with van der Waals surface area (Å²) in [5.74, 6) is -0.180. The Labute approximate surface area is 76.6 Å². The third-order valence-electron chi connectivity index (χ3n) is 1.62. The molecule has 13 heavy (non-hydrogen) atoms. The lowest BCUT2D eigenvalue weighted by molar-refractivity contribution is 0.0659. The second-order valence-corrected chi connectivity index (χ2v) is 3.43. The van der Waals surface area contributed by atoms with E-state index in [0.717, 1.165) is 0 Å². The average molecular weight is 183 g/mol. The fourth-order valence-electron chi connectivity index (χ4n) is 1.09. The lowest BCUT2D eigenvalue weighted by Gasteiger charge is -1.97. The number of rotatable bonds is 3. The number of carboxylic acid groups (broad SMARTS) is 1. The molecule has 0 unspecified atom stereocenters. The van der Waals surface area contributed by atoms with Crippen LogP contribution in [0.15, 0.2) is 4.42 Å². The van der Waals surface area contributed by atoms with Gasteiger partial charge in [0.15, 0.2) is 5.89 Å². The average Bonchev–Trinajstić information content (AvgIpc) is 2.29. The molecule has 0 amide bonds. The highest BCUT2D eigenvalue weighted by molar-refractivity contribution is 5.85. The van der Waals surface area contributed by atoms with Crippen LogP contribution in [0.25, 0.3) is 0 Å². The number of aromatic nitrogens is 1. The summed E-state index contributed by atoms with van der Waals surface area (Å²) in [6.45, 7) is 5.69. The van der Waals surface area contributed by atoms with E-state index in [1.165, 1.54) is 0 Å². The summed E-state index contributed by atoms with van der Waals surface area (Å²) in [7, 11) is 0. The lowest BCUT2D eigenvalue weighted by Crippen LogP contribution is -1.95. The number of hydrogen-bond donors (Lipinski definition) is 1. The monoisotopic (exact) mass is 183 g/mol. The smallest absolute Gasteiger partial charge is 0.373 e. The topological polar surface area (TPSA) is 63.3 Å². The Balaban J connectivity index is 2.89. The first-order valence-electron chi connectivity index (χ1n) is 4.20. The van der Waals surface area contributed by atoms with Gasteiger partial charge in [0.05, 0.1) is 5.69 Å². The summed E-state index contributed by atoms with van der Waals surface area (Å²) < 4.78 is 5.08. The highest BCUT2D eigenvalue weighted by atomic mass is 16.4. The molecule has 1 aromatic heterocycles. The molecular weight excluding hydrogens is 170 g/mol. The molecule has 1 heterocycles. The molecule has 4 heteroatoms. The van der Waals surface area contributed by atoms with Crippen LogP contribution in [0.3, 0.4) is 0 Å². The van der Waals surface area contributed by atoms with E-state index in [-0.39, 0.29) is 5.76 Å². The summed E-state index contributed by atoms with van der Waals surface area (Å²) in [6.07, 6.45) is 0.675. The van der Waals surface area contributed by atoms with E-state index in [1.807, 2.05) is 13.8 Å². The molecule has 0 saturated heterocycles. The number of oxazole rings is 1. The Morgan fingerprint density at radius 2 is 2.23 bits per heavy atom. The fourth-order valence-corrected chi connectivity index (χ4v) is 1.09. The Morgan fingerprint density at radius 1 is 1.62 bits per heavy atom. The molecule has 72 valence electrons. The van der Waals surface area contributed by atoms with E-state index in [2.05, 4.69) is 4.98 Å². The van der Waals surface area contributed by atoms with Gasteiger partial charge in [-0.1, -0.05) is 13.8 Å². The Kier molecular flexibility index (Phi) is 2.70. The van der Waals surface area contributed by atoms with Crippen molar-refractivity contribution in [2.75, 3.05) is 0 Å². The maximum absolute atomic E-state index is 10.6. The molecule has 0 atom stereocenters. The van der Waals surface area contributed by atoms with Crippen LogP contribution in [0, 0.1) is 12.8 Å². The van der Waals surface area contributed by atoms with Gasteiger partial charge in [-0.3, -0.25) is 0 Å². The predicted molar refractivity (Wildman–Crippen MR) is 46.7 cm³/mol. The van der Waals surface area contributed by atoms with Crippen molar-refractivity contribution in [1.82, 2.24) is 4.98 Å². The van der Waals surface area contributed by atoms with Crippen LogP contribution in [0.5, 0.6) is 0 Å². The van der Waals surface area contributed by atoms with E-state index in [0.29, 0.717) is 23.9 Å². The minimum absolute atomic E-state index is 0.0457. The predicted octanol–water partition coefficient (Wildman–Crippen LogP) is 1.88. The maximum Gasteiger partial charge on any atom is 0.373 e. The van der Waals surface area contributed by atoms with Crippen molar-refractivity contribution in [3.05, 3.63) is 17.3 Å². The largest absolute Gasteiger partial charge is 0.475 e. The second kappa shape index (κ2) is 3.60. The Bertz CT molecular complexity index is 315. The van der Waals surface area contributed by atoms with Crippen molar-refractivity contribution in [2.45, 2.75) is 27.2 Å². The number of hydrogen-bond acceptors (Lipinski definition) is 3. The molecule has 0 fully saturated rings. The number of carboxylic acids is 1. The first-order chi connectivity index (χ1) is 6.00. The first kappa shape index (κ1) is 9.77. The van der Waals surface area contributed by atoms with Crippen LogP contribution in [-0.4, -0.2) is 16.1 Å². The number of nitrogens with zero attached hydrogens (tertiary/aromatic N) is 1. The van der Waals surface area contributed by atoms with E-state index in [1.54, 1.807) is 6.92 Å². The van der Waals surface area contributed by atoms with E-state index < -0.39 is 5.97 Å². The van der Waals surface area contributed by atoms with Crippen LogP contribution < -0.4 is 0 Å². The molecule has 1 rings (SSSR count). The van der Waals surface area contributed by atoms with Crippen LogP contribution in [0.1, 0.15) is 36.0 Å². The van der Waals surface area contributed by atoms with Crippen molar-refractivity contribution >= 4 is 5.97 Å². The fraction of sp³-hybridized carbons (Fsp3) is 0.556. The Morgan fingerprint density at radius 3 is 2.62 bits per heavy atom. The van der Waals surface area contributed by atoms with Crippen molar-refractivity contribution in [1.29, 1.82) is 0 Å². The first-order valence-corrected chi connectivity index (χ1v) is 4.20. The van der Waals surface area contributed by atoms with Gasteiger partial charge >= 0.3 is 5.97 Å². The van der Waals surface area contributed by atoms with Gasteiger partial charge in [0.2, 0.25) is 5.76 Å². The quantitative estimate of drug-likeness (QED) is 0.777. The standard InChI is InChI=1S/C9H13NO3/c1-5(2)4-7-10-6(3)8(13-7)9(11)12/h5H,4H2,1-3H3,(H,11,12). The third-order valence-corrected chi connectivity index (χ3v) is 1.62. The van der Waals surface area contributed by atoms with E-state index >= 15 is 0 Å². The van der Waals surface area contributed by atoms with E-state index in [9.17, 15) is 4.79 Å². The van der Waals surface area contributed by atoms with E-state index in [4.69, 9.17) is 9.52 Å². The summed E-state index contributed by atoms with van der Waals surface area (Å²) >= 11 is 0. The summed E-state index contributed by atoms with van der Waals surface area (Å²) in [5.41, 5.74) is 0.447. The second-order valence-electron chi connectivity index (χ2n) is 3.43. The van der Waals surface area contributed by atoms with Gasteiger partial charge in [-0.2, -0.15) is 0 Å². The molecule has 0 aliphatic carbocycles. The minimum Gasteiger partial charge on any atom is -0.475 e. The SMILES string of the molecule is Cc1nc(CC(C)C)oc1C(=O)O. The molecule has 1 aromatic rings. The normalized spacial score (nSPS) is 10.8. The molecule has 0 aliphatic rings. The molecule has 4 nitrogen and oxygen atoms in total. The molecule has 0 saturated carbocycles. The molecule has 0 aromatic carbocycles. The number of carbonyl (C=O) groups is 1. The third kappa shape index (κ3) is 2.31. The van der Waals surface area contributed by atoms with Gasteiger partial charge in [0, 0.05) is 6.42 Å². The van der Waals surface area contributed by atoms with Crippen LogP contribution in [0.4, 0.5) is 0 Å². The maximum atomic E-state index is 10.6. The van der Waals surface area contributed by atoms with Gasteiger partial charge in [-0.05, 0) is 12.8 Å². The molecule has 0 aliphatic heterocycles. The summed E-state index contributed by atoms with van der Waals surface area (Å²) in [6, 6.07) is 0. The number of aryl methyl sites for hydroxylation is 1. The van der Waals surface area contributed by atoms with Gasteiger partial charge < -0.3 is 9.52 Å². The van der Waals surface area contributed by atoms with Gasteiger partial charge in [0.25, 0.3) is 0 Å². The van der Waals surface area contributed by atoms with Crippen LogP contribution in [0.2, 0.25) is 0 Å². The van der Waals surface area contributed by atoms with Crippen molar-refractivity contribution in [3.63, 3.8) is 0 Å². The minimum atomic E-state index is -1.06. The number of aromatic carboxylic acids is 1. The van der Waals surface area contributed by atoms with Crippen molar-refractivity contribution in [3.8, 4) is 0 Å². The zero-order valence-electron chi connectivity index (χ0n) is 8.00. The molecule has 0 radical (unpaired) electrons. The highest BCUT2D eigenvalue weighted by Gasteiger charge is 2.16. The lowest BCUT2D eigenvalue weighted by atomic mass is 10.1. The van der Waals surface area contributed by atoms with Gasteiger partial charge in [-0.25, -0.2) is 9.78 Å². The van der Waals surface area contributed by atoms with Crippen molar-refractivity contribution in [2.24, 2.45) is 5.92 Å². The molecule has 0 bridgehead atoms. The van der Waals surface area contributed by atoms with Crippen LogP contribution in [-0.2, 0) is 6.42 Å². The summed E-state index contributed by atoms with van der Waals surface area (Å²) in [5, 5.41) is 8.68. The van der Waals surface area contributed by atoms with Crippen LogP contribution >= 0.6 is 0 Å². The van der Waals surface area contributed by atoms with Crippen molar-refractivity contribution < 1.29 is 14.3 Å².